The Morgan fingerprint density at radius 1 is 1.43 bits per heavy atom. The lowest BCUT2D eigenvalue weighted by atomic mass is 10.1. The van der Waals surface area contributed by atoms with E-state index in [2.05, 4.69) is 10.6 Å². The van der Waals surface area contributed by atoms with E-state index in [0.717, 1.165) is 10.9 Å². The maximum Gasteiger partial charge on any atom is 0.249 e. The van der Waals surface area contributed by atoms with Crippen LogP contribution >= 0.6 is 0 Å². The van der Waals surface area contributed by atoms with Gasteiger partial charge in [0.25, 0.3) is 0 Å². The second-order valence-corrected chi connectivity index (χ2v) is 5.66. The van der Waals surface area contributed by atoms with E-state index in [1.165, 1.54) is 11.5 Å². The third kappa shape index (κ3) is 2.90. The zero-order chi connectivity index (χ0) is 16.6. The van der Waals surface area contributed by atoms with Gasteiger partial charge in [-0.25, -0.2) is 0 Å². The minimum Gasteiger partial charge on any atom is -0.494 e. The van der Waals surface area contributed by atoms with Gasteiger partial charge in [0.05, 0.1) is 0 Å². The van der Waals surface area contributed by atoms with Crippen LogP contribution in [0.4, 0.5) is 0 Å². The number of hydrogen-bond acceptors (Lipinski definition) is 4. The number of aromatic nitrogens is 1. The summed E-state index contributed by atoms with van der Waals surface area (Å²) in [5.41, 5.74) is 0.896. The topological polar surface area (TPSA) is 100 Å². The molecule has 1 unspecified atom stereocenters. The van der Waals surface area contributed by atoms with Crippen molar-refractivity contribution in [2.75, 3.05) is 0 Å². The van der Waals surface area contributed by atoms with Gasteiger partial charge >= 0.3 is 0 Å². The number of carbonyl (C=O) groups excluding carboxylic acids is 3. The monoisotopic (exact) mass is 315 g/mol. The number of aromatic hydroxyl groups is 1. The van der Waals surface area contributed by atoms with Gasteiger partial charge in [-0.2, -0.15) is 0 Å². The summed E-state index contributed by atoms with van der Waals surface area (Å²) in [6, 6.07) is 4.82. The number of carbonyl (C=O) groups is 3. The molecule has 0 radical (unpaired) electrons. The normalized spacial score (nSPS) is 18.0. The summed E-state index contributed by atoms with van der Waals surface area (Å²) in [6.45, 7) is 1.85. The first-order valence-electron chi connectivity index (χ1n) is 7.36. The van der Waals surface area contributed by atoms with Crippen LogP contribution in [-0.4, -0.2) is 27.4 Å². The van der Waals surface area contributed by atoms with E-state index < -0.39 is 11.9 Å². The van der Waals surface area contributed by atoms with E-state index in [1.54, 1.807) is 12.3 Å². The molecule has 3 amide bonds. The minimum absolute atomic E-state index is 0.000533. The lowest BCUT2D eigenvalue weighted by Gasteiger charge is -2.22. The van der Waals surface area contributed by atoms with Crippen LogP contribution in [0.1, 0.15) is 31.4 Å². The van der Waals surface area contributed by atoms with E-state index in [4.69, 9.17) is 0 Å². The van der Waals surface area contributed by atoms with E-state index in [1.807, 2.05) is 12.1 Å². The number of amides is 3. The summed E-state index contributed by atoms with van der Waals surface area (Å²) < 4.78 is 1.49. The Labute approximate surface area is 132 Å². The number of hydrogen-bond donors (Lipinski definition) is 3. The van der Waals surface area contributed by atoms with Gasteiger partial charge < -0.3 is 15.0 Å². The average molecular weight is 315 g/mol. The first kappa shape index (κ1) is 15.1. The van der Waals surface area contributed by atoms with Crippen molar-refractivity contribution in [3.05, 3.63) is 30.0 Å². The zero-order valence-electron chi connectivity index (χ0n) is 12.6. The van der Waals surface area contributed by atoms with Crippen molar-refractivity contribution in [3.63, 3.8) is 0 Å². The number of nitrogens with one attached hydrogen (secondary N) is 2. The Hall–Kier alpha value is -2.83. The molecule has 0 saturated carbocycles. The molecule has 1 aromatic heterocycles. The van der Waals surface area contributed by atoms with Gasteiger partial charge in [0.1, 0.15) is 6.04 Å². The molecule has 23 heavy (non-hydrogen) atoms. The average Bonchev–Trinajstić information content (AvgIpc) is 2.82. The SMILES string of the molecule is CC(=O)NCc1ccc2c(O)n(C3CCC(=O)NC3=O)cc2c1. The fraction of sp³-hybridized carbons (Fsp3) is 0.312. The third-order valence-electron chi connectivity index (χ3n) is 3.97. The van der Waals surface area contributed by atoms with Gasteiger partial charge in [0, 0.05) is 36.9 Å². The summed E-state index contributed by atoms with van der Waals surface area (Å²) in [5, 5.41) is 16.8. The molecular weight excluding hydrogens is 298 g/mol. The number of imide groups is 1. The van der Waals surface area contributed by atoms with Gasteiger partial charge in [0.2, 0.25) is 17.7 Å². The summed E-state index contributed by atoms with van der Waals surface area (Å²) >= 11 is 0. The molecule has 2 heterocycles. The largest absolute Gasteiger partial charge is 0.494 e. The molecule has 1 atom stereocenters. The zero-order valence-corrected chi connectivity index (χ0v) is 12.6. The van der Waals surface area contributed by atoms with Crippen molar-refractivity contribution in [2.24, 2.45) is 0 Å². The molecule has 7 nitrogen and oxygen atoms in total. The predicted octanol–water partition coefficient (Wildman–Crippen LogP) is 0.961. The van der Waals surface area contributed by atoms with Crippen LogP contribution in [-0.2, 0) is 20.9 Å². The predicted molar refractivity (Wildman–Crippen MR) is 82.5 cm³/mol. The summed E-state index contributed by atoms with van der Waals surface area (Å²) in [5.74, 6) is -0.815. The van der Waals surface area contributed by atoms with Crippen LogP contribution in [0.5, 0.6) is 5.88 Å². The van der Waals surface area contributed by atoms with Gasteiger partial charge in [-0.1, -0.05) is 6.07 Å². The standard InChI is InChI=1S/C16H17N3O4/c1-9(20)17-7-10-2-3-12-11(6-10)8-19(16(12)23)13-4-5-14(21)18-15(13)22/h2-3,6,8,13,23H,4-5,7H2,1H3,(H,17,20)(H,18,21,22). The maximum atomic E-state index is 12.0. The maximum absolute atomic E-state index is 12.0. The van der Waals surface area contributed by atoms with Crippen molar-refractivity contribution >= 4 is 28.5 Å². The molecule has 3 N–H and O–H groups in total. The summed E-state index contributed by atoms with van der Waals surface area (Å²) in [7, 11) is 0. The molecule has 0 aliphatic carbocycles. The highest BCUT2D eigenvalue weighted by atomic mass is 16.3. The molecule has 1 fully saturated rings. The van der Waals surface area contributed by atoms with E-state index in [0.29, 0.717) is 18.4 Å². The molecule has 1 saturated heterocycles. The van der Waals surface area contributed by atoms with Crippen molar-refractivity contribution in [3.8, 4) is 5.88 Å². The van der Waals surface area contributed by atoms with Gasteiger partial charge in [0.15, 0.2) is 5.88 Å². The van der Waals surface area contributed by atoms with E-state index in [9.17, 15) is 19.5 Å². The second kappa shape index (κ2) is 5.75. The molecule has 7 heteroatoms. The molecule has 1 aliphatic rings. The Balaban J connectivity index is 1.93. The number of nitrogens with zero attached hydrogens (tertiary/aromatic N) is 1. The Morgan fingerprint density at radius 3 is 2.91 bits per heavy atom. The molecular formula is C16H17N3O4. The van der Waals surface area contributed by atoms with Crippen LogP contribution < -0.4 is 10.6 Å². The van der Waals surface area contributed by atoms with Crippen LogP contribution in [0, 0.1) is 0 Å². The molecule has 1 aliphatic heterocycles. The highest BCUT2D eigenvalue weighted by molar-refractivity contribution is 6.00. The van der Waals surface area contributed by atoms with Gasteiger partial charge in [-0.3, -0.25) is 19.7 Å². The van der Waals surface area contributed by atoms with Crippen molar-refractivity contribution in [2.45, 2.75) is 32.4 Å². The number of piperidine rings is 1. The first-order chi connectivity index (χ1) is 11.0. The number of benzene rings is 1. The van der Waals surface area contributed by atoms with Gasteiger partial charge in [-0.05, 0) is 24.1 Å². The van der Waals surface area contributed by atoms with Crippen LogP contribution in [0.25, 0.3) is 10.8 Å². The molecule has 0 bridgehead atoms. The third-order valence-corrected chi connectivity index (χ3v) is 3.97. The molecule has 120 valence electrons. The summed E-state index contributed by atoms with van der Waals surface area (Å²) in [4.78, 5) is 34.2. The lowest BCUT2D eigenvalue weighted by molar-refractivity contribution is -0.135. The van der Waals surface area contributed by atoms with E-state index in [-0.39, 0.29) is 24.1 Å². The Bertz CT molecular complexity index is 809. The number of rotatable bonds is 3. The van der Waals surface area contributed by atoms with Crippen LogP contribution in [0.2, 0.25) is 0 Å². The van der Waals surface area contributed by atoms with Crippen molar-refractivity contribution < 1.29 is 19.5 Å². The highest BCUT2D eigenvalue weighted by Crippen LogP contribution is 2.33. The molecule has 1 aromatic carbocycles. The molecule has 2 aromatic rings. The fourth-order valence-corrected chi connectivity index (χ4v) is 2.79. The highest BCUT2D eigenvalue weighted by Gasteiger charge is 2.29. The first-order valence-corrected chi connectivity index (χ1v) is 7.36. The summed E-state index contributed by atoms with van der Waals surface area (Å²) in [6.07, 6.45) is 2.30. The second-order valence-electron chi connectivity index (χ2n) is 5.66. The minimum atomic E-state index is -0.598. The van der Waals surface area contributed by atoms with Crippen molar-refractivity contribution in [1.82, 2.24) is 15.2 Å². The van der Waals surface area contributed by atoms with E-state index >= 15 is 0 Å². The quantitative estimate of drug-likeness (QED) is 0.734. The fourth-order valence-electron chi connectivity index (χ4n) is 2.79. The molecule has 3 rings (SSSR count). The number of fused-ring (bicyclic) bond motifs is 1. The Morgan fingerprint density at radius 2 is 2.22 bits per heavy atom. The van der Waals surface area contributed by atoms with Crippen LogP contribution in [0.3, 0.4) is 0 Å². The van der Waals surface area contributed by atoms with Gasteiger partial charge in [-0.15, -0.1) is 0 Å². The van der Waals surface area contributed by atoms with Crippen LogP contribution in [0.15, 0.2) is 24.4 Å². The Kier molecular flexibility index (Phi) is 3.77. The lowest BCUT2D eigenvalue weighted by Crippen LogP contribution is -2.41. The molecule has 0 spiro atoms. The van der Waals surface area contributed by atoms with Crippen molar-refractivity contribution in [1.29, 1.82) is 0 Å². The smallest absolute Gasteiger partial charge is 0.249 e.